The van der Waals surface area contributed by atoms with Crippen LogP contribution < -0.4 is 0 Å². The summed E-state index contributed by atoms with van der Waals surface area (Å²) in [4.78, 5) is 0. The smallest absolute Gasteiger partial charge is 0.114 e. The summed E-state index contributed by atoms with van der Waals surface area (Å²) in [5.41, 5.74) is 0. The Morgan fingerprint density at radius 1 is 1.55 bits per heavy atom. The molecule has 1 rings (SSSR count). The highest BCUT2D eigenvalue weighted by atomic mass is 16.6. The van der Waals surface area contributed by atoms with Crippen molar-refractivity contribution in [2.24, 2.45) is 0 Å². The van der Waals surface area contributed by atoms with Gasteiger partial charge in [-0.25, -0.2) is 0 Å². The van der Waals surface area contributed by atoms with Crippen LogP contribution in [-0.4, -0.2) is 50.9 Å². The van der Waals surface area contributed by atoms with Gasteiger partial charge >= 0.3 is 0 Å². The Morgan fingerprint density at radius 2 is 2.27 bits per heavy atom. The zero-order valence-corrected chi connectivity index (χ0v) is 6.82. The number of methoxy groups -OCH3 is 2. The second-order valence-corrected chi connectivity index (χ2v) is 2.59. The van der Waals surface area contributed by atoms with Crippen molar-refractivity contribution in [3.63, 3.8) is 0 Å². The maximum absolute atomic E-state index is 9.28. The van der Waals surface area contributed by atoms with Crippen molar-refractivity contribution in [2.75, 3.05) is 27.4 Å². The van der Waals surface area contributed by atoms with Gasteiger partial charge in [0.2, 0.25) is 0 Å². The van der Waals surface area contributed by atoms with Gasteiger partial charge in [0.05, 0.1) is 13.2 Å². The van der Waals surface area contributed by atoms with Crippen LogP contribution in [0.4, 0.5) is 0 Å². The van der Waals surface area contributed by atoms with Gasteiger partial charge < -0.3 is 19.3 Å². The highest BCUT2D eigenvalue weighted by molar-refractivity contribution is 4.84. The minimum atomic E-state index is -0.514. The number of rotatable bonds is 3. The summed E-state index contributed by atoms with van der Waals surface area (Å²) in [6.45, 7) is 0.808. The molecule has 4 heteroatoms. The van der Waals surface area contributed by atoms with E-state index >= 15 is 0 Å². The lowest BCUT2D eigenvalue weighted by molar-refractivity contribution is -0.0391. The summed E-state index contributed by atoms with van der Waals surface area (Å²) < 4.78 is 15.1. The third-order valence-electron chi connectivity index (χ3n) is 1.83. The lowest BCUT2D eigenvalue weighted by atomic mass is 10.1. The second-order valence-electron chi connectivity index (χ2n) is 2.59. The van der Waals surface area contributed by atoms with Crippen LogP contribution in [0.3, 0.4) is 0 Å². The predicted octanol–water partition coefficient (Wildman–Crippen LogP) is -0.593. The van der Waals surface area contributed by atoms with Gasteiger partial charge in [0.25, 0.3) is 0 Å². The molecule has 1 N–H and O–H groups in total. The second kappa shape index (κ2) is 4.01. The van der Waals surface area contributed by atoms with Crippen molar-refractivity contribution in [3.8, 4) is 0 Å². The lowest BCUT2D eigenvalue weighted by Crippen LogP contribution is -2.34. The van der Waals surface area contributed by atoms with Crippen LogP contribution in [0.5, 0.6) is 0 Å². The molecule has 11 heavy (non-hydrogen) atoms. The molecule has 0 amide bonds. The average molecular weight is 162 g/mol. The van der Waals surface area contributed by atoms with Crippen molar-refractivity contribution in [1.29, 1.82) is 0 Å². The maximum atomic E-state index is 9.28. The molecule has 1 aliphatic rings. The Balaban J connectivity index is 2.40. The fourth-order valence-electron chi connectivity index (χ4n) is 1.28. The number of hydrogen-bond donors (Lipinski definition) is 1. The fourth-order valence-corrected chi connectivity index (χ4v) is 1.28. The quantitative estimate of drug-likeness (QED) is 0.602. The van der Waals surface area contributed by atoms with Crippen molar-refractivity contribution in [2.45, 2.75) is 18.3 Å². The SMILES string of the molecule is COC[C@H]1OC[C@H](O)[C@@H]1OC. The van der Waals surface area contributed by atoms with Gasteiger partial charge in [-0.05, 0) is 0 Å². The Hall–Kier alpha value is -0.160. The molecule has 1 fully saturated rings. The first-order chi connectivity index (χ1) is 5.29. The Labute approximate surface area is 66.1 Å². The standard InChI is InChI=1S/C7H14O4/c1-9-4-6-7(10-2)5(8)3-11-6/h5-8H,3-4H2,1-2H3/t5-,6+,7-/m0/s1. The van der Waals surface area contributed by atoms with Gasteiger partial charge in [0, 0.05) is 14.2 Å². The summed E-state index contributed by atoms with van der Waals surface area (Å²) >= 11 is 0. The molecule has 0 radical (unpaired) electrons. The highest BCUT2D eigenvalue weighted by Crippen LogP contribution is 2.16. The van der Waals surface area contributed by atoms with E-state index in [0.29, 0.717) is 13.2 Å². The summed E-state index contributed by atoms with van der Waals surface area (Å²) in [6.07, 6.45) is -0.880. The van der Waals surface area contributed by atoms with E-state index in [-0.39, 0.29) is 12.2 Å². The molecule has 1 heterocycles. The van der Waals surface area contributed by atoms with Crippen LogP contribution >= 0.6 is 0 Å². The molecule has 1 saturated heterocycles. The topological polar surface area (TPSA) is 47.9 Å². The Kier molecular flexibility index (Phi) is 3.26. The van der Waals surface area contributed by atoms with Crippen LogP contribution in [0.15, 0.2) is 0 Å². The van der Waals surface area contributed by atoms with E-state index in [1.165, 1.54) is 0 Å². The van der Waals surface area contributed by atoms with Crippen LogP contribution in [0.2, 0.25) is 0 Å². The third-order valence-corrected chi connectivity index (χ3v) is 1.83. The van der Waals surface area contributed by atoms with Crippen LogP contribution in [0, 0.1) is 0 Å². The number of ether oxygens (including phenoxy) is 3. The van der Waals surface area contributed by atoms with Gasteiger partial charge in [-0.1, -0.05) is 0 Å². The van der Waals surface area contributed by atoms with Crippen LogP contribution in [-0.2, 0) is 14.2 Å². The Bertz CT molecular complexity index is 115. The van der Waals surface area contributed by atoms with Gasteiger partial charge in [-0.3, -0.25) is 0 Å². The lowest BCUT2D eigenvalue weighted by Gasteiger charge is -2.17. The molecule has 66 valence electrons. The summed E-state index contributed by atoms with van der Waals surface area (Å²) in [7, 11) is 3.16. The van der Waals surface area contributed by atoms with E-state index in [1.54, 1.807) is 14.2 Å². The van der Waals surface area contributed by atoms with Crippen molar-refractivity contribution >= 4 is 0 Å². The van der Waals surface area contributed by atoms with Gasteiger partial charge in [-0.15, -0.1) is 0 Å². The predicted molar refractivity (Wildman–Crippen MR) is 38.4 cm³/mol. The number of hydrogen-bond acceptors (Lipinski definition) is 4. The van der Waals surface area contributed by atoms with E-state index in [2.05, 4.69) is 0 Å². The number of aliphatic hydroxyl groups excluding tert-OH is 1. The highest BCUT2D eigenvalue weighted by Gasteiger charge is 2.35. The molecule has 0 aliphatic carbocycles. The zero-order chi connectivity index (χ0) is 8.27. The van der Waals surface area contributed by atoms with Crippen molar-refractivity contribution in [3.05, 3.63) is 0 Å². The maximum Gasteiger partial charge on any atom is 0.114 e. The molecule has 0 aromatic carbocycles. The van der Waals surface area contributed by atoms with E-state index in [4.69, 9.17) is 14.2 Å². The largest absolute Gasteiger partial charge is 0.388 e. The van der Waals surface area contributed by atoms with Gasteiger partial charge in [0.1, 0.15) is 18.3 Å². The molecule has 0 spiro atoms. The first-order valence-corrected chi connectivity index (χ1v) is 3.61. The van der Waals surface area contributed by atoms with Gasteiger partial charge in [0.15, 0.2) is 0 Å². The molecule has 0 bridgehead atoms. The third kappa shape index (κ3) is 1.90. The van der Waals surface area contributed by atoms with Crippen molar-refractivity contribution in [1.82, 2.24) is 0 Å². The monoisotopic (exact) mass is 162 g/mol. The van der Waals surface area contributed by atoms with E-state index < -0.39 is 6.10 Å². The molecule has 0 unspecified atom stereocenters. The van der Waals surface area contributed by atoms with E-state index in [1.807, 2.05) is 0 Å². The first kappa shape index (κ1) is 8.93. The molecule has 0 saturated carbocycles. The van der Waals surface area contributed by atoms with Crippen molar-refractivity contribution < 1.29 is 19.3 Å². The Morgan fingerprint density at radius 3 is 2.82 bits per heavy atom. The normalized spacial score (nSPS) is 37.9. The minimum Gasteiger partial charge on any atom is -0.388 e. The first-order valence-electron chi connectivity index (χ1n) is 3.61. The summed E-state index contributed by atoms with van der Waals surface area (Å²) in [5, 5.41) is 9.28. The average Bonchev–Trinajstić information content (AvgIpc) is 2.33. The molecule has 0 aromatic rings. The molecular formula is C7H14O4. The fraction of sp³-hybridized carbons (Fsp3) is 1.00. The summed E-state index contributed by atoms with van der Waals surface area (Å²) in [5.74, 6) is 0. The molecule has 3 atom stereocenters. The van der Waals surface area contributed by atoms with Gasteiger partial charge in [-0.2, -0.15) is 0 Å². The molecule has 4 nitrogen and oxygen atoms in total. The van der Waals surface area contributed by atoms with Crippen LogP contribution in [0.1, 0.15) is 0 Å². The summed E-state index contributed by atoms with van der Waals surface area (Å²) in [6, 6.07) is 0. The zero-order valence-electron chi connectivity index (χ0n) is 6.82. The van der Waals surface area contributed by atoms with Crippen LogP contribution in [0.25, 0.3) is 0 Å². The van der Waals surface area contributed by atoms with E-state index in [9.17, 15) is 5.11 Å². The minimum absolute atomic E-state index is 0.125. The molecule has 0 aromatic heterocycles. The van der Waals surface area contributed by atoms with E-state index in [0.717, 1.165) is 0 Å². The molecular weight excluding hydrogens is 148 g/mol. The number of aliphatic hydroxyl groups is 1. The molecule has 1 aliphatic heterocycles.